The summed E-state index contributed by atoms with van der Waals surface area (Å²) in [6, 6.07) is 9.87. The monoisotopic (exact) mass is 298 g/mol. The molecule has 6 heteroatoms. The fraction of sp³-hybridized carbons (Fsp3) is 0. The number of rotatable bonds is 2. The minimum absolute atomic E-state index is 0.202. The molecular formula is C13H9ClF2N2S. The Labute approximate surface area is 119 Å². The van der Waals surface area contributed by atoms with Gasteiger partial charge in [0.25, 0.3) is 0 Å². The first-order valence-corrected chi connectivity index (χ1v) is 6.12. The molecule has 0 fully saturated rings. The van der Waals surface area contributed by atoms with Crippen molar-refractivity contribution in [1.82, 2.24) is 0 Å². The molecule has 2 aromatic rings. The maximum Gasteiger partial charge on any atom is 0.175 e. The first-order valence-electron chi connectivity index (χ1n) is 5.33. The number of halogens is 3. The molecule has 98 valence electrons. The molecule has 0 aliphatic heterocycles. The van der Waals surface area contributed by atoms with Crippen molar-refractivity contribution in [3.8, 4) is 0 Å². The zero-order valence-corrected chi connectivity index (χ0v) is 11.2. The van der Waals surface area contributed by atoms with Crippen LogP contribution in [0.5, 0.6) is 0 Å². The van der Waals surface area contributed by atoms with E-state index in [2.05, 4.69) is 10.6 Å². The lowest BCUT2D eigenvalue weighted by Gasteiger charge is -2.11. The number of thiocarbonyl (C=S) groups is 1. The molecule has 0 atom stereocenters. The van der Waals surface area contributed by atoms with Gasteiger partial charge in [-0.2, -0.15) is 0 Å². The summed E-state index contributed by atoms with van der Waals surface area (Å²) in [4.78, 5) is 0. The highest BCUT2D eigenvalue weighted by molar-refractivity contribution is 7.80. The van der Waals surface area contributed by atoms with Crippen LogP contribution in [0.3, 0.4) is 0 Å². The molecule has 2 rings (SSSR count). The summed E-state index contributed by atoms with van der Waals surface area (Å²) in [7, 11) is 0. The van der Waals surface area contributed by atoms with Crippen LogP contribution in [0.15, 0.2) is 42.5 Å². The average Bonchev–Trinajstić information content (AvgIpc) is 2.36. The van der Waals surface area contributed by atoms with E-state index in [0.717, 1.165) is 0 Å². The summed E-state index contributed by atoms with van der Waals surface area (Å²) < 4.78 is 26.2. The van der Waals surface area contributed by atoms with Gasteiger partial charge in [0.15, 0.2) is 5.11 Å². The lowest BCUT2D eigenvalue weighted by atomic mass is 10.3. The molecule has 2 aromatic carbocycles. The van der Waals surface area contributed by atoms with E-state index >= 15 is 0 Å². The molecule has 0 aliphatic carbocycles. The third-order valence-corrected chi connectivity index (χ3v) is 2.72. The maximum atomic E-state index is 13.5. The highest BCUT2D eigenvalue weighted by atomic mass is 35.5. The molecule has 19 heavy (non-hydrogen) atoms. The van der Waals surface area contributed by atoms with Crippen molar-refractivity contribution < 1.29 is 8.78 Å². The van der Waals surface area contributed by atoms with Gasteiger partial charge in [-0.25, -0.2) is 8.78 Å². The minimum atomic E-state index is -0.504. The lowest BCUT2D eigenvalue weighted by Crippen LogP contribution is -2.19. The normalized spacial score (nSPS) is 10.1. The van der Waals surface area contributed by atoms with Gasteiger partial charge in [0.05, 0.1) is 5.69 Å². The average molecular weight is 299 g/mol. The van der Waals surface area contributed by atoms with Crippen molar-refractivity contribution in [1.29, 1.82) is 0 Å². The Hall–Kier alpha value is -1.72. The smallest absolute Gasteiger partial charge is 0.175 e. The molecule has 0 saturated carbocycles. The molecule has 0 spiro atoms. The van der Waals surface area contributed by atoms with Crippen molar-refractivity contribution in [3.05, 3.63) is 59.1 Å². The van der Waals surface area contributed by atoms with E-state index in [-0.39, 0.29) is 16.6 Å². The van der Waals surface area contributed by atoms with Gasteiger partial charge in [0.2, 0.25) is 0 Å². The van der Waals surface area contributed by atoms with Crippen LogP contribution in [0.1, 0.15) is 0 Å². The zero-order chi connectivity index (χ0) is 13.8. The topological polar surface area (TPSA) is 24.1 Å². The number of hydrogen-bond acceptors (Lipinski definition) is 1. The van der Waals surface area contributed by atoms with Crippen molar-refractivity contribution in [2.75, 3.05) is 10.6 Å². The Morgan fingerprint density at radius 3 is 2.32 bits per heavy atom. The lowest BCUT2D eigenvalue weighted by molar-refractivity contribution is 0.628. The molecule has 0 heterocycles. The van der Waals surface area contributed by atoms with Crippen LogP contribution in [0.2, 0.25) is 5.02 Å². The van der Waals surface area contributed by atoms with E-state index < -0.39 is 5.82 Å². The fourth-order valence-electron chi connectivity index (χ4n) is 1.41. The van der Waals surface area contributed by atoms with Crippen molar-refractivity contribution >= 4 is 40.3 Å². The summed E-state index contributed by atoms with van der Waals surface area (Å²) in [5, 5.41) is 6.01. The van der Waals surface area contributed by atoms with Gasteiger partial charge >= 0.3 is 0 Å². The molecule has 2 N–H and O–H groups in total. The van der Waals surface area contributed by atoms with Crippen LogP contribution >= 0.6 is 23.8 Å². The van der Waals surface area contributed by atoms with E-state index in [1.807, 2.05) is 0 Å². The Kier molecular flexibility index (Phi) is 4.29. The summed E-state index contributed by atoms with van der Waals surface area (Å²) in [5.74, 6) is -0.844. The number of hydrogen-bond donors (Lipinski definition) is 2. The molecule has 0 unspecified atom stereocenters. The largest absolute Gasteiger partial charge is 0.332 e. The van der Waals surface area contributed by atoms with Crippen LogP contribution in [0.25, 0.3) is 0 Å². The number of nitrogens with one attached hydrogen (secondary N) is 2. The summed E-state index contributed by atoms with van der Waals surface area (Å²) in [5.41, 5.74) is 0.817. The van der Waals surface area contributed by atoms with Crippen LogP contribution in [0.4, 0.5) is 20.2 Å². The van der Waals surface area contributed by atoms with Crippen LogP contribution < -0.4 is 10.6 Å². The summed E-state index contributed by atoms with van der Waals surface area (Å²) in [6.45, 7) is 0. The van der Waals surface area contributed by atoms with Crippen molar-refractivity contribution in [2.45, 2.75) is 0 Å². The standard InChI is InChI=1S/C13H9ClF2N2S/c14-8-1-6-12(11(16)7-8)18-13(19)17-10-4-2-9(15)3-5-10/h1-7H,(H2,17,18,19). The first kappa shape index (κ1) is 13.7. The molecule has 0 amide bonds. The van der Waals surface area contributed by atoms with Crippen LogP contribution in [0, 0.1) is 11.6 Å². The quantitative estimate of drug-likeness (QED) is 0.802. The minimum Gasteiger partial charge on any atom is -0.332 e. The molecule has 0 radical (unpaired) electrons. The Balaban J connectivity index is 2.03. The van der Waals surface area contributed by atoms with Crippen molar-refractivity contribution in [2.24, 2.45) is 0 Å². The molecular weight excluding hydrogens is 290 g/mol. The van der Waals surface area contributed by atoms with Gasteiger partial charge in [0.1, 0.15) is 11.6 Å². The van der Waals surface area contributed by atoms with Crippen LogP contribution in [-0.4, -0.2) is 5.11 Å². The van der Waals surface area contributed by atoms with Gasteiger partial charge in [-0.05, 0) is 54.7 Å². The van der Waals surface area contributed by atoms with Crippen molar-refractivity contribution in [3.63, 3.8) is 0 Å². The Bertz CT molecular complexity index is 602. The molecule has 0 aliphatic rings. The predicted molar refractivity (Wildman–Crippen MR) is 77.7 cm³/mol. The second-order valence-electron chi connectivity index (χ2n) is 3.71. The number of benzene rings is 2. The van der Waals surface area contributed by atoms with Gasteiger partial charge in [-0.15, -0.1) is 0 Å². The Morgan fingerprint density at radius 1 is 1.00 bits per heavy atom. The molecule has 0 saturated heterocycles. The van der Waals surface area contributed by atoms with E-state index in [1.54, 1.807) is 6.07 Å². The van der Waals surface area contributed by atoms with E-state index in [1.165, 1.54) is 36.4 Å². The second-order valence-corrected chi connectivity index (χ2v) is 4.55. The Morgan fingerprint density at radius 2 is 1.68 bits per heavy atom. The third-order valence-electron chi connectivity index (χ3n) is 2.28. The number of anilines is 2. The first-order chi connectivity index (χ1) is 9.04. The van der Waals surface area contributed by atoms with Crippen LogP contribution in [-0.2, 0) is 0 Å². The fourth-order valence-corrected chi connectivity index (χ4v) is 1.80. The SMILES string of the molecule is Fc1ccc(NC(=S)Nc2ccc(Cl)cc2F)cc1. The highest BCUT2D eigenvalue weighted by Gasteiger charge is 2.05. The maximum absolute atomic E-state index is 13.5. The van der Waals surface area contributed by atoms with Gasteiger partial charge < -0.3 is 10.6 Å². The molecule has 2 nitrogen and oxygen atoms in total. The van der Waals surface area contributed by atoms with Gasteiger partial charge in [-0.3, -0.25) is 0 Å². The molecule has 0 aromatic heterocycles. The summed E-state index contributed by atoms with van der Waals surface area (Å²) in [6.07, 6.45) is 0. The van der Waals surface area contributed by atoms with E-state index in [9.17, 15) is 8.78 Å². The highest BCUT2D eigenvalue weighted by Crippen LogP contribution is 2.19. The second kappa shape index (κ2) is 5.95. The molecule has 0 bridgehead atoms. The zero-order valence-electron chi connectivity index (χ0n) is 9.58. The predicted octanol–water partition coefficient (Wildman–Crippen LogP) is 4.43. The third kappa shape index (κ3) is 3.87. The van der Waals surface area contributed by atoms with E-state index in [0.29, 0.717) is 10.7 Å². The van der Waals surface area contributed by atoms with Gasteiger partial charge in [0, 0.05) is 10.7 Å². The van der Waals surface area contributed by atoms with E-state index in [4.69, 9.17) is 23.8 Å². The van der Waals surface area contributed by atoms with Gasteiger partial charge in [-0.1, -0.05) is 11.6 Å². The summed E-state index contributed by atoms with van der Waals surface area (Å²) >= 11 is 10.7.